The maximum Gasteiger partial charge on any atom is 0.322 e. The Balaban J connectivity index is 2.26. The Morgan fingerprint density at radius 3 is 2.40 bits per heavy atom. The van der Waals surface area contributed by atoms with E-state index in [4.69, 9.17) is 0 Å². The first-order chi connectivity index (χ1) is 6.92. The van der Waals surface area contributed by atoms with Crippen molar-refractivity contribution in [1.82, 2.24) is 16.0 Å². The molecule has 1 heterocycles. The van der Waals surface area contributed by atoms with Gasteiger partial charge in [-0.05, 0) is 24.8 Å². The molecule has 5 heteroatoms. The minimum absolute atomic E-state index is 0.145. The average molecular weight is 211 g/mol. The van der Waals surface area contributed by atoms with E-state index in [1.54, 1.807) is 7.05 Å². The van der Waals surface area contributed by atoms with Crippen LogP contribution in [0.1, 0.15) is 20.3 Å². The van der Waals surface area contributed by atoms with E-state index in [1.165, 1.54) is 0 Å². The maximum absolute atomic E-state index is 11.8. The van der Waals surface area contributed by atoms with Crippen LogP contribution in [0.4, 0.5) is 4.79 Å². The van der Waals surface area contributed by atoms with Gasteiger partial charge in [0, 0.05) is 6.54 Å². The molecular weight excluding hydrogens is 194 g/mol. The van der Waals surface area contributed by atoms with Crippen LogP contribution < -0.4 is 16.0 Å². The fourth-order valence-electron chi connectivity index (χ4n) is 2.59. The van der Waals surface area contributed by atoms with Crippen molar-refractivity contribution >= 4 is 11.9 Å². The molecule has 0 bridgehead atoms. The Kier molecular flexibility index (Phi) is 2.05. The molecule has 2 atom stereocenters. The third-order valence-corrected chi connectivity index (χ3v) is 3.53. The Bertz CT molecular complexity index is 327. The molecule has 2 unspecified atom stereocenters. The summed E-state index contributed by atoms with van der Waals surface area (Å²) in [4.78, 5) is 23.0. The molecule has 15 heavy (non-hydrogen) atoms. The number of carbonyl (C=O) groups is 2. The second kappa shape index (κ2) is 2.95. The van der Waals surface area contributed by atoms with Gasteiger partial charge >= 0.3 is 6.03 Å². The van der Waals surface area contributed by atoms with E-state index in [2.05, 4.69) is 29.8 Å². The highest BCUT2D eigenvalue weighted by molar-refractivity contribution is 6.07. The maximum atomic E-state index is 11.8. The van der Waals surface area contributed by atoms with Gasteiger partial charge in [-0.2, -0.15) is 0 Å². The van der Waals surface area contributed by atoms with Crippen LogP contribution >= 0.6 is 0 Å². The molecule has 2 aliphatic rings. The van der Waals surface area contributed by atoms with Crippen LogP contribution in [0.25, 0.3) is 0 Å². The van der Waals surface area contributed by atoms with Gasteiger partial charge in [0.2, 0.25) is 0 Å². The first-order valence-electron chi connectivity index (χ1n) is 5.20. The topological polar surface area (TPSA) is 70.2 Å². The van der Waals surface area contributed by atoms with Gasteiger partial charge in [-0.3, -0.25) is 10.1 Å². The van der Waals surface area contributed by atoms with Crippen molar-refractivity contribution in [2.75, 3.05) is 13.6 Å². The van der Waals surface area contributed by atoms with E-state index in [9.17, 15) is 9.59 Å². The molecule has 1 saturated heterocycles. The van der Waals surface area contributed by atoms with Gasteiger partial charge in [-0.25, -0.2) is 4.79 Å². The lowest BCUT2D eigenvalue weighted by atomic mass is 9.88. The van der Waals surface area contributed by atoms with E-state index >= 15 is 0 Å². The first-order valence-corrected chi connectivity index (χ1v) is 5.20. The number of amides is 3. The van der Waals surface area contributed by atoms with Crippen molar-refractivity contribution in [3.8, 4) is 0 Å². The van der Waals surface area contributed by atoms with Gasteiger partial charge in [-0.1, -0.05) is 13.8 Å². The summed E-state index contributed by atoms with van der Waals surface area (Å²) in [6.45, 7) is 4.72. The molecule has 0 aromatic rings. The van der Waals surface area contributed by atoms with Gasteiger partial charge < -0.3 is 10.6 Å². The van der Waals surface area contributed by atoms with Crippen LogP contribution in [-0.4, -0.2) is 31.1 Å². The summed E-state index contributed by atoms with van der Waals surface area (Å²) in [5.41, 5.74) is -0.596. The summed E-state index contributed by atoms with van der Waals surface area (Å²) in [6, 6.07) is -0.377. The van der Waals surface area contributed by atoms with Crippen molar-refractivity contribution in [3.63, 3.8) is 0 Å². The Morgan fingerprint density at radius 2 is 2.07 bits per heavy atom. The van der Waals surface area contributed by atoms with E-state index in [1.807, 2.05) is 0 Å². The van der Waals surface area contributed by atoms with Crippen molar-refractivity contribution in [3.05, 3.63) is 0 Å². The molecule has 0 aromatic carbocycles. The van der Waals surface area contributed by atoms with E-state index in [-0.39, 0.29) is 23.3 Å². The van der Waals surface area contributed by atoms with E-state index in [0.29, 0.717) is 6.54 Å². The number of urea groups is 1. The predicted octanol–water partition coefficient (Wildman–Crippen LogP) is -0.170. The van der Waals surface area contributed by atoms with Crippen LogP contribution in [0.3, 0.4) is 0 Å². The van der Waals surface area contributed by atoms with Crippen molar-refractivity contribution in [1.29, 1.82) is 0 Å². The summed E-state index contributed by atoms with van der Waals surface area (Å²) in [5.74, 6) is 0.0290. The third kappa shape index (κ3) is 1.42. The zero-order chi connectivity index (χ0) is 11.3. The lowest BCUT2D eigenvalue weighted by Crippen LogP contribution is -2.56. The van der Waals surface area contributed by atoms with Crippen molar-refractivity contribution in [2.24, 2.45) is 11.3 Å². The lowest BCUT2D eigenvalue weighted by Gasteiger charge is -2.27. The summed E-state index contributed by atoms with van der Waals surface area (Å²) in [5, 5.41) is 8.08. The molecule has 3 N–H and O–H groups in total. The van der Waals surface area contributed by atoms with Gasteiger partial charge in [0.15, 0.2) is 0 Å². The second-order valence-corrected chi connectivity index (χ2v) is 5.16. The molecule has 5 nitrogen and oxygen atoms in total. The third-order valence-electron chi connectivity index (χ3n) is 3.53. The van der Waals surface area contributed by atoms with Crippen molar-refractivity contribution < 1.29 is 9.59 Å². The minimum Gasteiger partial charge on any atom is -0.322 e. The van der Waals surface area contributed by atoms with E-state index in [0.717, 1.165) is 6.42 Å². The number of likely N-dealkylation sites (N-methyl/N-ethyl adjacent to an activating group) is 1. The molecule has 1 aliphatic heterocycles. The van der Waals surface area contributed by atoms with Gasteiger partial charge in [0.25, 0.3) is 5.91 Å². The Morgan fingerprint density at radius 1 is 1.47 bits per heavy atom. The minimum atomic E-state index is -0.741. The zero-order valence-electron chi connectivity index (χ0n) is 9.31. The average Bonchev–Trinajstić information content (AvgIpc) is 2.64. The van der Waals surface area contributed by atoms with Crippen LogP contribution in [0.15, 0.2) is 0 Å². The summed E-state index contributed by atoms with van der Waals surface area (Å²) < 4.78 is 0. The van der Waals surface area contributed by atoms with E-state index < -0.39 is 5.54 Å². The van der Waals surface area contributed by atoms with Gasteiger partial charge in [0.05, 0.1) is 0 Å². The molecule has 84 valence electrons. The SMILES string of the molecule is CNCC1(C2CC2(C)C)NC(=O)NC1=O. The molecule has 2 fully saturated rings. The summed E-state index contributed by atoms with van der Waals surface area (Å²) in [6.07, 6.45) is 0.975. The van der Waals surface area contributed by atoms with Crippen molar-refractivity contribution in [2.45, 2.75) is 25.8 Å². The number of hydrogen-bond donors (Lipinski definition) is 3. The number of rotatable bonds is 3. The van der Waals surface area contributed by atoms with Crippen LogP contribution in [0.5, 0.6) is 0 Å². The quantitative estimate of drug-likeness (QED) is 0.568. The number of nitrogens with one attached hydrogen (secondary N) is 3. The molecule has 1 saturated carbocycles. The van der Waals surface area contributed by atoms with Crippen LogP contribution in [0, 0.1) is 11.3 Å². The molecule has 0 aromatic heterocycles. The Labute approximate surface area is 89.0 Å². The highest BCUT2D eigenvalue weighted by Crippen LogP contribution is 2.57. The molecule has 0 radical (unpaired) electrons. The Hall–Kier alpha value is -1.10. The normalized spacial score (nSPS) is 37.4. The van der Waals surface area contributed by atoms with Crippen LogP contribution in [-0.2, 0) is 4.79 Å². The molecule has 1 aliphatic carbocycles. The molecular formula is C10H17N3O2. The molecule has 3 amide bonds. The predicted molar refractivity (Wildman–Crippen MR) is 55.2 cm³/mol. The number of imide groups is 1. The fraction of sp³-hybridized carbons (Fsp3) is 0.800. The lowest BCUT2D eigenvalue weighted by molar-refractivity contribution is -0.124. The standard InChI is InChI=1S/C10H17N3O2/c1-9(2)4-6(9)10(5-11-3)7(14)12-8(15)13-10/h6,11H,4-5H2,1-3H3,(H2,12,13,14,15). The number of hydrogen-bond acceptors (Lipinski definition) is 3. The monoisotopic (exact) mass is 211 g/mol. The molecule has 0 spiro atoms. The first kappa shape index (κ1) is 10.4. The van der Waals surface area contributed by atoms with Crippen LogP contribution in [0.2, 0.25) is 0 Å². The fourth-order valence-corrected chi connectivity index (χ4v) is 2.59. The summed E-state index contributed by atoms with van der Waals surface area (Å²) >= 11 is 0. The molecule has 2 rings (SSSR count). The van der Waals surface area contributed by atoms with Gasteiger partial charge in [0.1, 0.15) is 5.54 Å². The highest BCUT2D eigenvalue weighted by Gasteiger charge is 2.64. The number of carbonyl (C=O) groups excluding carboxylic acids is 2. The smallest absolute Gasteiger partial charge is 0.322 e. The zero-order valence-corrected chi connectivity index (χ0v) is 9.31. The summed E-state index contributed by atoms with van der Waals surface area (Å²) in [7, 11) is 1.79. The largest absolute Gasteiger partial charge is 0.322 e. The second-order valence-electron chi connectivity index (χ2n) is 5.16. The highest BCUT2D eigenvalue weighted by atomic mass is 16.2. The van der Waals surface area contributed by atoms with Gasteiger partial charge in [-0.15, -0.1) is 0 Å².